The van der Waals surface area contributed by atoms with Crippen molar-refractivity contribution in [1.82, 2.24) is 4.98 Å². The normalized spacial score (nSPS) is 10.7. The Kier molecular flexibility index (Phi) is 2.86. The average molecular weight is 301 g/mol. The summed E-state index contributed by atoms with van der Waals surface area (Å²) < 4.78 is 0.893. The number of carboxylic acid groups (broad SMARTS) is 1. The third-order valence-corrected chi connectivity index (χ3v) is 3.04. The van der Waals surface area contributed by atoms with Crippen molar-refractivity contribution < 1.29 is 9.90 Å². The van der Waals surface area contributed by atoms with Crippen molar-refractivity contribution in [3.8, 4) is 0 Å². The van der Waals surface area contributed by atoms with E-state index >= 15 is 0 Å². The van der Waals surface area contributed by atoms with Crippen molar-refractivity contribution in [2.24, 2.45) is 0 Å². The van der Waals surface area contributed by atoms with Crippen LogP contribution in [0.5, 0.6) is 0 Å². The molecular formula is C11H7BrClNO2. The Morgan fingerprint density at radius 3 is 2.69 bits per heavy atom. The van der Waals surface area contributed by atoms with E-state index in [1.165, 1.54) is 6.07 Å². The molecule has 3 nitrogen and oxygen atoms in total. The van der Waals surface area contributed by atoms with Crippen LogP contribution in [0.1, 0.15) is 16.1 Å². The van der Waals surface area contributed by atoms with E-state index in [1.54, 1.807) is 0 Å². The Hall–Kier alpha value is -1.13. The molecule has 0 aliphatic rings. The number of aromatic nitrogens is 1. The summed E-state index contributed by atoms with van der Waals surface area (Å²) in [6.45, 7) is 1.90. The lowest BCUT2D eigenvalue weighted by Gasteiger charge is -2.06. The molecule has 2 rings (SSSR count). The minimum atomic E-state index is -1.08. The van der Waals surface area contributed by atoms with E-state index in [9.17, 15) is 4.79 Å². The highest BCUT2D eigenvalue weighted by Gasteiger charge is 2.11. The highest BCUT2D eigenvalue weighted by Crippen LogP contribution is 2.29. The van der Waals surface area contributed by atoms with Crippen LogP contribution in [-0.4, -0.2) is 16.1 Å². The summed E-state index contributed by atoms with van der Waals surface area (Å²) in [5.74, 6) is -1.08. The van der Waals surface area contributed by atoms with Gasteiger partial charge >= 0.3 is 5.97 Å². The lowest BCUT2D eigenvalue weighted by molar-refractivity contribution is 0.0691. The Morgan fingerprint density at radius 2 is 2.06 bits per heavy atom. The van der Waals surface area contributed by atoms with Gasteiger partial charge < -0.3 is 5.11 Å². The van der Waals surface area contributed by atoms with E-state index in [1.807, 2.05) is 19.1 Å². The SMILES string of the molecule is Cc1cc(Br)cc2c(Cl)nc(C(=O)O)cc12. The molecule has 2 aromatic rings. The number of carboxylic acids is 1. The van der Waals surface area contributed by atoms with Gasteiger partial charge in [-0.05, 0) is 36.1 Å². The van der Waals surface area contributed by atoms with Crippen LogP contribution in [0.25, 0.3) is 10.8 Å². The predicted octanol–water partition coefficient (Wildman–Crippen LogP) is 3.66. The van der Waals surface area contributed by atoms with E-state index in [0.29, 0.717) is 0 Å². The second kappa shape index (κ2) is 4.03. The summed E-state index contributed by atoms with van der Waals surface area (Å²) in [7, 11) is 0. The Labute approximate surface area is 105 Å². The average Bonchev–Trinajstić information content (AvgIpc) is 2.19. The van der Waals surface area contributed by atoms with Gasteiger partial charge in [0.25, 0.3) is 0 Å². The second-order valence-corrected chi connectivity index (χ2v) is 4.69. The van der Waals surface area contributed by atoms with Crippen LogP contribution in [-0.2, 0) is 0 Å². The van der Waals surface area contributed by atoms with Crippen molar-refractivity contribution in [1.29, 1.82) is 0 Å². The number of benzene rings is 1. The first-order valence-electron chi connectivity index (χ1n) is 4.48. The molecule has 1 N–H and O–H groups in total. The third kappa shape index (κ3) is 1.90. The van der Waals surface area contributed by atoms with Crippen molar-refractivity contribution in [2.75, 3.05) is 0 Å². The molecule has 0 radical (unpaired) electrons. The topological polar surface area (TPSA) is 50.2 Å². The number of rotatable bonds is 1. The molecule has 1 heterocycles. The minimum absolute atomic E-state index is 0.0390. The third-order valence-electron chi connectivity index (χ3n) is 2.29. The van der Waals surface area contributed by atoms with Crippen molar-refractivity contribution in [3.63, 3.8) is 0 Å². The fraction of sp³-hybridized carbons (Fsp3) is 0.0909. The van der Waals surface area contributed by atoms with Crippen molar-refractivity contribution in [3.05, 3.63) is 39.1 Å². The predicted molar refractivity (Wildman–Crippen MR) is 66.1 cm³/mol. The van der Waals surface area contributed by atoms with Gasteiger partial charge in [-0.3, -0.25) is 0 Å². The van der Waals surface area contributed by atoms with Gasteiger partial charge in [0.05, 0.1) is 0 Å². The number of aryl methyl sites for hydroxylation is 1. The van der Waals surface area contributed by atoms with Gasteiger partial charge in [0.15, 0.2) is 5.69 Å². The van der Waals surface area contributed by atoms with E-state index < -0.39 is 5.97 Å². The molecule has 0 spiro atoms. The molecule has 0 amide bonds. The van der Waals surface area contributed by atoms with Gasteiger partial charge in [0.1, 0.15) is 5.15 Å². The highest BCUT2D eigenvalue weighted by atomic mass is 79.9. The van der Waals surface area contributed by atoms with Crippen LogP contribution in [0.15, 0.2) is 22.7 Å². The number of carbonyl (C=O) groups is 1. The van der Waals surface area contributed by atoms with Crippen LogP contribution in [0.2, 0.25) is 5.15 Å². The molecule has 1 aromatic heterocycles. The van der Waals surface area contributed by atoms with Gasteiger partial charge in [-0.2, -0.15) is 0 Å². The maximum Gasteiger partial charge on any atom is 0.354 e. The highest BCUT2D eigenvalue weighted by molar-refractivity contribution is 9.10. The minimum Gasteiger partial charge on any atom is -0.477 e. The van der Waals surface area contributed by atoms with Gasteiger partial charge in [-0.25, -0.2) is 9.78 Å². The molecule has 0 bridgehead atoms. The van der Waals surface area contributed by atoms with Crippen LogP contribution in [0, 0.1) is 6.92 Å². The number of hydrogen-bond acceptors (Lipinski definition) is 2. The summed E-state index contributed by atoms with van der Waals surface area (Å²) >= 11 is 9.32. The molecule has 0 aliphatic heterocycles. The fourth-order valence-corrected chi connectivity index (χ4v) is 2.38. The zero-order valence-electron chi connectivity index (χ0n) is 8.29. The summed E-state index contributed by atoms with van der Waals surface area (Å²) in [5, 5.41) is 10.6. The molecule has 0 saturated carbocycles. The molecule has 5 heteroatoms. The number of pyridine rings is 1. The van der Waals surface area contributed by atoms with Crippen LogP contribution >= 0.6 is 27.5 Å². The fourth-order valence-electron chi connectivity index (χ4n) is 1.56. The summed E-state index contributed by atoms with van der Waals surface area (Å²) in [6.07, 6.45) is 0. The Morgan fingerprint density at radius 1 is 1.38 bits per heavy atom. The molecule has 16 heavy (non-hydrogen) atoms. The summed E-state index contributed by atoms with van der Waals surface area (Å²) in [4.78, 5) is 14.7. The smallest absolute Gasteiger partial charge is 0.354 e. The number of nitrogens with zero attached hydrogens (tertiary/aromatic N) is 1. The van der Waals surface area contributed by atoms with Gasteiger partial charge in [0.2, 0.25) is 0 Å². The molecule has 0 saturated heterocycles. The lowest BCUT2D eigenvalue weighted by Crippen LogP contribution is -2.00. The van der Waals surface area contributed by atoms with E-state index in [0.717, 1.165) is 20.8 Å². The van der Waals surface area contributed by atoms with E-state index in [4.69, 9.17) is 16.7 Å². The standard InChI is InChI=1S/C11H7BrClNO2/c1-5-2-6(12)3-8-7(5)4-9(11(15)16)14-10(8)13/h2-4H,1H3,(H,15,16). The largest absolute Gasteiger partial charge is 0.477 e. The number of aromatic carboxylic acids is 1. The van der Waals surface area contributed by atoms with Crippen LogP contribution in [0.4, 0.5) is 0 Å². The molecule has 1 aromatic carbocycles. The van der Waals surface area contributed by atoms with Crippen LogP contribution < -0.4 is 0 Å². The summed E-state index contributed by atoms with van der Waals surface area (Å²) in [6, 6.07) is 5.26. The maximum atomic E-state index is 10.8. The first-order valence-corrected chi connectivity index (χ1v) is 5.66. The van der Waals surface area contributed by atoms with Crippen molar-refractivity contribution >= 4 is 44.3 Å². The maximum absolute atomic E-state index is 10.8. The van der Waals surface area contributed by atoms with E-state index in [-0.39, 0.29) is 10.8 Å². The zero-order chi connectivity index (χ0) is 11.9. The Balaban J connectivity index is 2.87. The lowest BCUT2D eigenvalue weighted by atomic mass is 10.1. The quantitative estimate of drug-likeness (QED) is 0.818. The van der Waals surface area contributed by atoms with Gasteiger partial charge in [-0.1, -0.05) is 27.5 Å². The molecule has 0 fully saturated rings. The number of fused-ring (bicyclic) bond motifs is 1. The Bertz CT molecular complexity index is 598. The van der Waals surface area contributed by atoms with Crippen LogP contribution in [0.3, 0.4) is 0 Å². The zero-order valence-corrected chi connectivity index (χ0v) is 10.6. The monoisotopic (exact) mass is 299 g/mol. The summed E-state index contributed by atoms with van der Waals surface area (Å²) in [5.41, 5.74) is 0.916. The molecule has 0 aliphatic carbocycles. The van der Waals surface area contributed by atoms with Gasteiger partial charge in [-0.15, -0.1) is 0 Å². The van der Waals surface area contributed by atoms with Crippen molar-refractivity contribution in [2.45, 2.75) is 6.92 Å². The molecule has 0 atom stereocenters. The molecule has 0 unspecified atom stereocenters. The number of hydrogen-bond donors (Lipinski definition) is 1. The molecular weight excluding hydrogens is 293 g/mol. The first-order chi connectivity index (χ1) is 7.49. The second-order valence-electron chi connectivity index (χ2n) is 3.42. The molecule has 82 valence electrons. The number of halogens is 2. The first kappa shape index (κ1) is 11.4. The van der Waals surface area contributed by atoms with E-state index in [2.05, 4.69) is 20.9 Å². The van der Waals surface area contributed by atoms with Gasteiger partial charge in [0, 0.05) is 9.86 Å².